The van der Waals surface area contributed by atoms with Crippen LogP contribution >= 0.6 is 11.3 Å². The quantitative estimate of drug-likeness (QED) is 0.196. The number of amides is 1. The Morgan fingerprint density at radius 1 is 0.892 bits per heavy atom. The fourth-order valence-corrected chi connectivity index (χ4v) is 4.94. The molecular formula is C29H28N6OS. The van der Waals surface area contributed by atoms with Gasteiger partial charge in [0, 0.05) is 29.9 Å². The zero-order chi connectivity index (χ0) is 25.5. The highest BCUT2D eigenvalue weighted by molar-refractivity contribution is 7.21. The van der Waals surface area contributed by atoms with Crippen molar-refractivity contribution in [1.82, 2.24) is 19.9 Å². The fourth-order valence-electron chi connectivity index (χ4n) is 3.99. The summed E-state index contributed by atoms with van der Waals surface area (Å²) in [6.07, 6.45) is 6.35. The van der Waals surface area contributed by atoms with Gasteiger partial charge in [0.05, 0.1) is 5.69 Å². The summed E-state index contributed by atoms with van der Waals surface area (Å²) in [4.78, 5) is 32.7. The number of benzene rings is 2. The van der Waals surface area contributed by atoms with E-state index in [4.69, 9.17) is 4.98 Å². The van der Waals surface area contributed by atoms with Crippen LogP contribution in [-0.2, 0) is 0 Å². The van der Waals surface area contributed by atoms with Crippen molar-refractivity contribution in [2.45, 2.75) is 32.6 Å². The molecule has 0 radical (unpaired) electrons. The van der Waals surface area contributed by atoms with Crippen molar-refractivity contribution in [2.75, 3.05) is 17.2 Å². The van der Waals surface area contributed by atoms with Gasteiger partial charge in [0.2, 0.25) is 0 Å². The summed E-state index contributed by atoms with van der Waals surface area (Å²) < 4.78 is 0. The number of carbonyl (C=O) groups is 1. The second-order valence-corrected chi connectivity index (χ2v) is 9.64. The lowest BCUT2D eigenvalue weighted by Gasteiger charge is -2.12. The number of thiazole rings is 1. The van der Waals surface area contributed by atoms with Gasteiger partial charge in [-0.2, -0.15) is 0 Å². The maximum Gasteiger partial charge on any atom is 0.274 e. The lowest BCUT2D eigenvalue weighted by atomic mass is 10.1. The summed E-state index contributed by atoms with van der Waals surface area (Å²) in [6.45, 7) is 2.99. The number of nitrogens with one attached hydrogen (secondary N) is 2. The zero-order valence-corrected chi connectivity index (χ0v) is 21.5. The van der Waals surface area contributed by atoms with Gasteiger partial charge in [0.15, 0.2) is 5.82 Å². The van der Waals surface area contributed by atoms with Crippen LogP contribution in [0, 0.1) is 0 Å². The number of hydrogen-bond acceptors (Lipinski definition) is 7. The Balaban J connectivity index is 1.43. The van der Waals surface area contributed by atoms with Gasteiger partial charge >= 0.3 is 0 Å². The van der Waals surface area contributed by atoms with Gasteiger partial charge in [0.25, 0.3) is 5.91 Å². The Kier molecular flexibility index (Phi) is 7.76. The van der Waals surface area contributed by atoms with Gasteiger partial charge in [-0.1, -0.05) is 80.0 Å². The SMILES string of the molecule is CCCCCCNc1cc(C(=O)Nc2ccccc2-c2nc3cccnc3s2)nc(-c2ccccc2)n1. The van der Waals surface area contributed by atoms with Crippen LogP contribution < -0.4 is 10.6 Å². The Hall–Kier alpha value is -4.17. The van der Waals surface area contributed by atoms with Crippen molar-refractivity contribution in [2.24, 2.45) is 0 Å². The first-order valence-corrected chi connectivity index (χ1v) is 13.3. The van der Waals surface area contributed by atoms with Crippen LogP contribution in [0.2, 0.25) is 0 Å². The molecule has 186 valence electrons. The predicted molar refractivity (Wildman–Crippen MR) is 151 cm³/mol. The average Bonchev–Trinajstić information content (AvgIpc) is 3.38. The molecule has 0 spiro atoms. The van der Waals surface area contributed by atoms with Crippen LogP contribution in [0.25, 0.3) is 32.3 Å². The molecule has 2 N–H and O–H groups in total. The van der Waals surface area contributed by atoms with Gasteiger partial charge in [-0.05, 0) is 30.7 Å². The van der Waals surface area contributed by atoms with E-state index in [2.05, 4.69) is 32.5 Å². The summed E-state index contributed by atoms with van der Waals surface area (Å²) in [5, 5.41) is 7.23. The average molecular weight is 509 g/mol. The molecule has 0 unspecified atom stereocenters. The smallest absolute Gasteiger partial charge is 0.274 e. The first-order valence-electron chi connectivity index (χ1n) is 12.5. The van der Waals surface area contributed by atoms with Gasteiger partial charge in [-0.3, -0.25) is 4.79 Å². The Bertz CT molecular complexity index is 1470. The molecule has 5 aromatic rings. The second-order valence-electron chi connectivity index (χ2n) is 8.66. The number of aromatic nitrogens is 4. The number of para-hydroxylation sites is 1. The Morgan fingerprint density at radius 3 is 2.57 bits per heavy atom. The molecule has 37 heavy (non-hydrogen) atoms. The molecule has 3 aromatic heterocycles. The topological polar surface area (TPSA) is 92.7 Å². The molecule has 8 heteroatoms. The van der Waals surface area contributed by atoms with Gasteiger partial charge in [0.1, 0.15) is 26.9 Å². The molecule has 7 nitrogen and oxygen atoms in total. The van der Waals surface area contributed by atoms with E-state index in [-0.39, 0.29) is 5.91 Å². The summed E-state index contributed by atoms with van der Waals surface area (Å²) in [5.41, 5.74) is 3.49. The van der Waals surface area contributed by atoms with E-state index in [1.807, 2.05) is 66.7 Å². The van der Waals surface area contributed by atoms with Crippen LogP contribution in [0.4, 0.5) is 11.5 Å². The highest BCUT2D eigenvalue weighted by Crippen LogP contribution is 2.33. The molecular weight excluding hydrogens is 480 g/mol. The second kappa shape index (κ2) is 11.7. The Labute approximate surface area is 220 Å². The number of carbonyl (C=O) groups excluding carboxylic acids is 1. The third-order valence-electron chi connectivity index (χ3n) is 5.90. The third kappa shape index (κ3) is 5.98. The van der Waals surface area contributed by atoms with E-state index in [0.29, 0.717) is 23.0 Å². The molecule has 3 heterocycles. The summed E-state index contributed by atoms with van der Waals surface area (Å²) in [7, 11) is 0. The van der Waals surface area contributed by atoms with Crippen LogP contribution in [0.15, 0.2) is 79.0 Å². The minimum Gasteiger partial charge on any atom is -0.370 e. The van der Waals surface area contributed by atoms with Crippen molar-refractivity contribution < 1.29 is 4.79 Å². The van der Waals surface area contributed by atoms with Crippen molar-refractivity contribution in [3.63, 3.8) is 0 Å². The fraction of sp³-hybridized carbons (Fsp3) is 0.207. The first-order chi connectivity index (χ1) is 18.2. The lowest BCUT2D eigenvalue weighted by molar-refractivity contribution is 0.102. The third-order valence-corrected chi connectivity index (χ3v) is 6.91. The van der Waals surface area contributed by atoms with E-state index in [1.54, 1.807) is 12.3 Å². The molecule has 0 fully saturated rings. The number of fused-ring (bicyclic) bond motifs is 1. The molecule has 1 amide bonds. The van der Waals surface area contributed by atoms with Gasteiger partial charge in [-0.25, -0.2) is 19.9 Å². The van der Waals surface area contributed by atoms with Crippen LogP contribution in [0.1, 0.15) is 43.1 Å². The van der Waals surface area contributed by atoms with E-state index in [1.165, 1.54) is 24.2 Å². The van der Waals surface area contributed by atoms with Crippen molar-refractivity contribution in [1.29, 1.82) is 0 Å². The molecule has 5 rings (SSSR count). The minimum atomic E-state index is -0.305. The molecule has 0 bridgehead atoms. The maximum absolute atomic E-state index is 13.5. The normalized spacial score (nSPS) is 10.9. The van der Waals surface area contributed by atoms with Crippen LogP contribution in [0.3, 0.4) is 0 Å². The highest BCUT2D eigenvalue weighted by atomic mass is 32.1. The summed E-state index contributed by atoms with van der Waals surface area (Å²) in [5.74, 6) is 0.844. The molecule has 0 aliphatic rings. The number of unbranched alkanes of at least 4 members (excludes halogenated alkanes) is 3. The number of hydrogen-bond donors (Lipinski definition) is 2. The van der Waals surface area contributed by atoms with E-state index < -0.39 is 0 Å². The zero-order valence-electron chi connectivity index (χ0n) is 20.6. The van der Waals surface area contributed by atoms with Crippen molar-refractivity contribution in [3.05, 3.63) is 84.7 Å². The van der Waals surface area contributed by atoms with Gasteiger partial charge in [-0.15, -0.1) is 0 Å². The van der Waals surface area contributed by atoms with E-state index in [0.717, 1.165) is 45.9 Å². The molecule has 2 aromatic carbocycles. The lowest BCUT2D eigenvalue weighted by Crippen LogP contribution is -2.16. The standard InChI is InChI=1S/C29H28N6OS/c1-2-3-4-10-17-30-25-19-24(32-26(35-25)20-12-6-5-7-13-20)27(36)33-22-15-9-8-14-21(22)28-34-23-16-11-18-31-29(23)37-28/h5-9,11-16,18-19H,2-4,10,17H2,1H3,(H,33,36)(H,30,32,35). The molecule has 0 aliphatic carbocycles. The van der Waals surface area contributed by atoms with Gasteiger partial charge < -0.3 is 10.6 Å². The molecule has 0 saturated carbocycles. The maximum atomic E-state index is 13.5. The number of nitrogens with zero attached hydrogens (tertiary/aromatic N) is 4. The Morgan fingerprint density at radius 2 is 1.73 bits per heavy atom. The first kappa shape index (κ1) is 24.5. The monoisotopic (exact) mass is 508 g/mol. The molecule has 0 atom stereocenters. The number of anilines is 2. The highest BCUT2D eigenvalue weighted by Gasteiger charge is 2.17. The number of pyridine rings is 1. The van der Waals surface area contributed by atoms with E-state index in [9.17, 15) is 4.79 Å². The molecule has 0 saturated heterocycles. The predicted octanol–water partition coefficient (Wildman–Crippen LogP) is 7.06. The van der Waals surface area contributed by atoms with Crippen LogP contribution in [0.5, 0.6) is 0 Å². The number of rotatable bonds is 10. The van der Waals surface area contributed by atoms with Crippen LogP contribution in [-0.4, -0.2) is 32.4 Å². The summed E-state index contributed by atoms with van der Waals surface area (Å²) >= 11 is 1.50. The minimum absolute atomic E-state index is 0.297. The van der Waals surface area contributed by atoms with Crippen molar-refractivity contribution in [3.8, 4) is 22.0 Å². The van der Waals surface area contributed by atoms with E-state index >= 15 is 0 Å². The van der Waals surface area contributed by atoms with Crippen molar-refractivity contribution >= 4 is 39.1 Å². The largest absolute Gasteiger partial charge is 0.370 e. The summed E-state index contributed by atoms with van der Waals surface area (Å²) in [6, 6.07) is 22.9. The molecule has 0 aliphatic heterocycles.